The molecule has 1 saturated carbocycles. The van der Waals surface area contributed by atoms with E-state index < -0.39 is 0 Å². The number of anilines is 2. The minimum atomic E-state index is 0.0243. The lowest BCUT2D eigenvalue weighted by Gasteiger charge is -2.27. The minimum absolute atomic E-state index is 0.0243. The molecule has 1 aromatic heterocycles. The molecule has 1 aliphatic rings. The molecular formula is C13H23N5O. The summed E-state index contributed by atoms with van der Waals surface area (Å²) in [6.45, 7) is 6.86. The third-order valence-electron chi connectivity index (χ3n) is 3.32. The van der Waals surface area contributed by atoms with Crippen LogP contribution in [0.15, 0.2) is 0 Å². The summed E-state index contributed by atoms with van der Waals surface area (Å²) in [5.41, 5.74) is 5.76. The first-order valence-corrected chi connectivity index (χ1v) is 7.05. The molecule has 0 atom stereocenters. The fourth-order valence-electron chi connectivity index (χ4n) is 2.53. The molecule has 0 aliphatic heterocycles. The van der Waals surface area contributed by atoms with Crippen molar-refractivity contribution in [2.24, 2.45) is 0 Å². The normalized spacial score (nSPS) is 16.0. The van der Waals surface area contributed by atoms with Gasteiger partial charge in [-0.15, -0.1) is 0 Å². The summed E-state index contributed by atoms with van der Waals surface area (Å²) < 4.78 is 5.52. The van der Waals surface area contributed by atoms with E-state index in [1.165, 1.54) is 25.7 Å². The Labute approximate surface area is 114 Å². The molecule has 0 unspecified atom stereocenters. The fraction of sp³-hybridized carbons (Fsp3) is 0.769. The second-order valence-electron chi connectivity index (χ2n) is 5.17. The maximum absolute atomic E-state index is 5.76. The summed E-state index contributed by atoms with van der Waals surface area (Å²) in [7, 11) is 0. The number of nitrogens with zero attached hydrogens (tertiary/aromatic N) is 4. The average molecular weight is 265 g/mol. The zero-order valence-corrected chi connectivity index (χ0v) is 12.0. The van der Waals surface area contributed by atoms with Crippen molar-refractivity contribution in [3.8, 4) is 6.01 Å². The van der Waals surface area contributed by atoms with Crippen LogP contribution < -0.4 is 15.4 Å². The molecule has 1 fully saturated rings. The van der Waals surface area contributed by atoms with E-state index in [-0.39, 0.29) is 12.1 Å². The zero-order chi connectivity index (χ0) is 13.8. The van der Waals surface area contributed by atoms with Crippen LogP contribution in [0.2, 0.25) is 0 Å². The van der Waals surface area contributed by atoms with Crippen molar-refractivity contribution >= 4 is 11.9 Å². The van der Waals surface area contributed by atoms with E-state index in [0.717, 1.165) is 6.54 Å². The summed E-state index contributed by atoms with van der Waals surface area (Å²) in [4.78, 5) is 14.9. The number of ether oxygens (including phenoxy) is 1. The third-order valence-corrected chi connectivity index (χ3v) is 3.32. The standard InChI is InChI=1S/C13H23N5O/c1-4-18(10-7-5-6-8-10)12-15-11(14)16-13(17-12)19-9(2)3/h9-10H,4-8H2,1-3H3,(H2,14,15,16,17). The Morgan fingerprint density at radius 3 is 2.53 bits per heavy atom. The van der Waals surface area contributed by atoms with Crippen LogP contribution in [-0.2, 0) is 0 Å². The quantitative estimate of drug-likeness (QED) is 0.877. The monoisotopic (exact) mass is 265 g/mol. The lowest BCUT2D eigenvalue weighted by Crippen LogP contribution is -2.34. The minimum Gasteiger partial charge on any atom is -0.461 e. The highest BCUT2D eigenvalue weighted by Gasteiger charge is 2.24. The molecule has 0 aromatic carbocycles. The lowest BCUT2D eigenvalue weighted by atomic mass is 10.2. The highest BCUT2D eigenvalue weighted by molar-refractivity contribution is 5.37. The van der Waals surface area contributed by atoms with Gasteiger partial charge in [0.05, 0.1) is 6.10 Å². The van der Waals surface area contributed by atoms with Crippen LogP contribution in [0.3, 0.4) is 0 Å². The van der Waals surface area contributed by atoms with Crippen LogP contribution in [0.5, 0.6) is 6.01 Å². The van der Waals surface area contributed by atoms with Crippen LogP contribution in [0.4, 0.5) is 11.9 Å². The Hall–Kier alpha value is -1.59. The summed E-state index contributed by atoms with van der Waals surface area (Å²) in [5.74, 6) is 0.856. The van der Waals surface area contributed by atoms with Crippen LogP contribution in [-0.4, -0.2) is 33.6 Å². The van der Waals surface area contributed by atoms with Gasteiger partial charge in [-0.3, -0.25) is 0 Å². The van der Waals surface area contributed by atoms with Gasteiger partial charge in [-0.25, -0.2) is 0 Å². The fourth-order valence-corrected chi connectivity index (χ4v) is 2.53. The van der Waals surface area contributed by atoms with Gasteiger partial charge in [-0.05, 0) is 33.6 Å². The highest BCUT2D eigenvalue weighted by Crippen LogP contribution is 2.27. The van der Waals surface area contributed by atoms with E-state index in [1.807, 2.05) is 13.8 Å². The SMILES string of the molecule is CCN(c1nc(N)nc(OC(C)C)n1)C1CCCC1. The number of nitrogens with two attached hydrogens (primary N) is 1. The molecule has 0 bridgehead atoms. The predicted octanol–water partition coefficient (Wildman–Crippen LogP) is 2.01. The van der Waals surface area contributed by atoms with Crippen LogP contribution >= 0.6 is 0 Å². The van der Waals surface area contributed by atoms with Crippen LogP contribution in [0.25, 0.3) is 0 Å². The Kier molecular flexibility index (Phi) is 4.39. The summed E-state index contributed by atoms with van der Waals surface area (Å²) >= 11 is 0. The molecular weight excluding hydrogens is 242 g/mol. The van der Waals surface area contributed by atoms with E-state index in [0.29, 0.717) is 18.0 Å². The van der Waals surface area contributed by atoms with E-state index in [2.05, 4.69) is 26.8 Å². The van der Waals surface area contributed by atoms with Gasteiger partial charge in [-0.2, -0.15) is 15.0 Å². The van der Waals surface area contributed by atoms with Gasteiger partial charge in [0.1, 0.15) is 0 Å². The largest absolute Gasteiger partial charge is 0.461 e. The summed E-state index contributed by atoms with van der Waals surface area (Å²) in [5, 5.41) is 0. The predicted molar refractivity (Wildman–Crippen MR) is 75.3 cm³/mol. The molecule has 1 aromatic rings. The zero-order valence-electron chi connectivity index (χ0n) is 12.0. The topological polar surface area (TPSA) is 77.2 Å². The summed E-state index contributed by atoms with van der Waals surface area (Å²) in [6, 6.07) is 0.827. The highest BCUT2D eigenvalue weighted by atomic mass is 16.5. The number of rotatable bonds is 5. The molecule has 0 spiro atoms. The van der Waals surface area contributed by atoms with Crippen molar-refractivity contribution in [3.63, 3.8) is 0 Å². The van der Waals surface area contributed by atoms with E-state index in [9.17, 15) is 0 Å². The van der Waals surface area contributed by atoms with Gasteiger partial charge < -0.3 is 15.4 Å². The smallest absolute Gasteiger partial charge is 0.323 e. The van der Waals surface area contributed by atoms with Crippen molar-refractivity contribution in [1.82, 2.24) is 15.0 Å². The van der Waals surface area contributed by atoms with E-state index >= 15 is 0 Å². The number of hydrogen-bond acceptors (Lipinski definition) is 6. The van der Waals surface area contributed by atoms with Crippen molar-refractivity contribution < 1.29 is 4.74 Å². The van der Waals surface area contributed by atoms with Crippen molar-refractivity contribution in [1.29, 1.82) is 0 Å². The number of hydrogen-bond donors (Lipinski definition) is 1. The van der Waals surface area contributed by atoms with Gasteiger partial charge in [0.2, 0.25) is 11.9 Å². The van der Waals surface area contributed by atoms with E-state index in [1.54, 1.807) is 0 Å². The molecule has 6 nitrogen and oxygen atoms in total. The lowest BCUT2D eigenvalue weighted by molar-refractivity contribution is 0.222. The Bertz CT molecular complexity index is 417. The number of nitrogen functional groups attached to an aromatic ring is 1. The van der Waals surface area contributed by atoms with E-state index in [4.69, 9.17) is 10.5 Å². The molecule has 106 valence electrons. The summed E-state index contributed by atoms with van der Waals surface area (Å²) in [6.07, 6.45) is 4.96. The molecule has 2 N–H and O–H groups in total. The molecule has 1 aliphatic carbocycles. The first kappa shape index (κ1) is 13.8. The average Bonchev–Trinajstić information content (AvgIpc) is 2.82. The molecule has 2 rings (SSSR count). The van der Waals surface area contributed by atoms with Crippen LogP contribution in [0, 0.1) is 0 Å². The maximum Gasteiger partial charge on any atom is 0.323 e. The Morgan fingerprint density at radius 2 is 1.95 bits per heavy atom. The van der Waals surface area contributed by atoms with Gasteiger partial charge in [0.15, 0.2) is 0 Å². The van der Waals surface area contributed by atoms with Crippen molar-refractivity contribution in [2.75, 3.05) is 17.2 Å². The molecule has 0 radical (unpaired) electrons. The van der Waals surface area contributed by atoms with Gasteiger partial charge in [0, 0.05) is 12.6 Å². The molecule has 0 saturated heterocycles. The molecule has 1 heterocycles. The Morgan fingerprint density at radius 1 is 1.26 bits per heavy atom. The second-order valence-corrected chi connectivity index (χ2v) is 5.17. The van der Waals surface area contributed by atoms with Gasteiger partial charge >= 0.3 is 6.01 Å². The van der Waals surface area contributed by atoms with Crippen LogP contribution in [0.1, 0.15) is 46.5 Å². The first-order valence-electron chi connectivity index (χ1n) is 7.05. The van der Waals surface area contributed by atoms with Crippen molar-refractivity contribution in [2.45, 2.75) is 58.6 Å². The van der Waals surface area contributed by atoms with Gasteiger partial charge in [-0.1, -0.05) is 12.8 Å². The second kappa shape index (κ2) is 6.04. The molecule has 0 amide bonds. The number of aromatic nitrogens is 3. The Balaban J connectivity index is 2.23. The van der Waals surface area contributed by atoms with Crippen molar-refractivity contribution in [3.05, 3.63) is 0 Å². The molecule has 19 heavy (non-hydrogen) atoms. The maximum atomic E-state index is 5.76. The molecule has 6 heteroatoms. The third kappa shape index (κ3) is 3.45. The van der Waals surface area contributed by atoms with Gasteiger partial charge in [0.25, 0.3) is 0 Å². The first-order chi connectivity index (χ1) is 9.10.